The molecule has 0 amide bonds. The molecule has 4 heteroatoms. The summed E-state index contributed by atoms with van der Waals surface area (Å²) < 4.78 is 5.35. The van der Waals surface area contributed by atoms with Crippen LogP contribution in [0, 0.1) is 0 Å². The molecule has 110 valence electrons. The van der Waals surface area contributed by atoms with Crippen LogP contribution in [0.15, 0.2) is 60.2 Å². The molecule has 0 saturated heterocycles. The topological polar surface area (TPSA) is 39.2 Å². The van der Waals surface area contributed by atoms with Crippen molar-refractivity contribution in [3.8, 4) is 0 Å². The van der Waals surface area contributed by atoms with Crippen LogP contribution >= 0.6 is 11.3 Å². The molecule has 0 aliphatic rings. The molecule has 0 saturated carbocycles. The van der Waals surface area contributed by atoms with Gasteiger partial charge >= 0.3 is 5.97 Å². The Morgan fingerprint density at radius 1 is 1.23 bits per heavy atom. The Kier molecular flexibility index (Phi) is 4.30. The number of esters is 1. The molecule has 0 spiro atoms. The predicted molar refractivity (Wildman–Crippen MR) is 89.6 cm³/mol. The van der Waals surface area contributed by atoms with Gasteiger partial charge in [0.2, 0.25) is 0 Å². The van der Waals surface area contributed by atoms with E-state index in [2.05, 4.69) is 17.1 Å². The third-order valence-corrected chi connectivity index (χ3v) is 4.27. The van der Waals surface area contributed by atoms with Crippen molar-refractivity contribution in [2.75, 3.05) is 0 Å². The molecule has 3 rings (SSSR count). The van der Waals surface area contributed by atoms with Gasteiger partial charge in [0.15, 0.2) is 0 Å². The monoisotopic (exact) mass is 309 g/mol. The Morgan fingerprint density at radius 2 is 2.05 bits per heavy atom. The standard InChI is InChI=1S/C18H15NO2S/c1-13(17-11-19-12-22-17)21-18(20)9-7-14-6-8-15-4-2-3-5-16(15)10-14/h2-13H,1H3/b9-7+/t13-/m1/s1. The lowest BCUT2D eigenvalue weighted by atomic mass is 10.1. The fourth-order valence-electron chi connectivity index (χ4n) is 2.17. The van der Waals surface area contributed by atoms with E-state index < -0.39 is 0 Å². The molecule has 0 unspecified atom stereocenters. The number of rotatable bonds is 4. The third-order valence-electron chi connectivity index (χ3n) is 3.33. The lowest BCUT2D eigenvalue weighted by Gasteiger charge is -2.08. The molecule has 0 bridgehead atoms. The van der Waals surface area contributed by atoms with E-state index in [1.54, 1.807) is 17.8 Å². The summed E-state index contributed by atoms with van der Waals surface area (Å²) in [5.41, 5.74) is 2.70. The molecule has 2 aromatic carbocycles. The second kappa shape index (κ2) is 6.54. The molecule has 22 heavy (non-hydrogen) atoms. The van der Waals surface area contributed by atoms with Crippen LogP contribution in [0.3, 0.4) is 0 Å². The fraction of sp³-hybridized carbons (Fsp3) is 0.111. The quantitative estimate of drug-likeness (QED) is 0.521. The van der Waals surface area contributed by atoms with Gasteiger partial charge in [-0.25, -0.2) is 4.79 Å². The van der Waals surface area contributed by atoms with Crippen LogP contribution in [0.25, 0.3) is 16.8 Å². The number of nitrogens with zero attached hydrogens (tertiary/aromatic N) is 1. The molecule has 1 atom stereocenters. The van der Waals surface area contributed by atoms with Gasteiger partial charge in [0.25, 0.3) is 0 Å². The maximum atomic E-state index is 11.9. The molecule has 0 fully saturated rings. The summed E-state index contributed by atoms with van der Waals surface area (Å²) in [6.07, 6.45) is 4.67. The highest BCUT2D eigenvalue weighted by atomic mass is 32.1. The molecule has 3 aromatic rings. The van der Waals surface area contributed by atoms with Gasteiger partial charge in [-0.05, 0) is 35.4 Å². The highest BCUT2D eigenvalue weighted by Crippen LogP contribution is 2.21. The zero-order valence-corrected chi connectivity index (χ0v) is 12.9. The second-order valence-electron chi connectivity index (χ2n) is 4.92. The van der Waals surface area contributed by atoms with E-state index in [1.165, 1.54) is 22.8 Å². The number of carbonyl (C=O) groups is 1. The van der Waals surface area contributed by atoms with Gasteiger partial charge in [-0.15, -0.1) is 11.3 Å². The summed E-state index contributed by atoms with van der Waals surface area (Å²) in [7, 11) is 0. The first-order chi connectivity index (χ1) is 10.7. The van der Waals surface area contributed by atoms with Crippen molar-refractivity contribution in [2.24, 2.45) is 0 Å². The fourth-order valence-corrected chi connectivity index (χ4v) is 2.78. The summed E-state index contributed by atoms with van der Waals surface area (Å²) in [6.45, 7) is 1.84. The van der Waals surface area contributed by atoms with E-state index in [9.17, 15) is 4.79 Å². The van der Waals surface area contributed by atoms with Crippen LogP contribution in [0.2, 0.25) is 0 Å². The van der Waals surface area contributed by atoms with E-state index in [0.717, 1.165) is 15.8 Å². The van der Waals surface area contributed by atoms with Crippen LogP contribution in [0.4, 0.5) is 0 Å². The summed E-state index contributed by atoms with van der Waals surface area (Å²) in [5.74, 6) is -0.353. The SMILES string of the molecule is C[C@@H](OC(=O)/C=C/c1ccc2ccccc2c1)c1cncs1. The van der Waals surface area contributed by atoms with Crippen molar-refractivity contribution in [3.63, 3.8) is 0 Å². The van der Waals surface area contributed by atoms with Crippen molar-refractivity contribution in [2.45, 2.75) is 13.0 Å². The van der Waals surface area contributed by atoms with E-state index in [0.29, 0.717) is 0 Å². The van der Waals surface area contributed by atoms with Gasteiger partial charge < -0.3 is 4.74 Å². The van der Waals surface area contributed by atoms with Gasteiger partial charge in [-0.1, -0.05) is 36.4 Å². The number of aromatic nitrogens is 1. The smallest absolute Gasteiger partial charge is 0.331 e. The summed E-state index contributed by atoms with van der Waals surface area (Å²) in [6, 6.07) is 14.2. The van der Waals surface area contributed by atoms with E-state index in [-0.39, 0.29) is 12.1 Å². The zero-order chi connectivity index (χ0) is 15.4. The molecular weight excluding hydrogens is 294 g/mol. The minimum absolute atomic E-state index is 0.277. The maximum absolute atomic E-state index is 11.9. The molecule has 0 N–H and O–H groups in total. The Balaban J connectivity index is 1.68. The summed E-state index contributed by atoms with van der Waals surface area (Å²) >= 11 is 1.48. The lowest BCUT2D eigenvalue weighted by molar-refractivity contribution is -0.142. The Labute approximate surface area is 132 Å². The minimum Gasteiger partial charge on any atom is -0.454 e. The van der Waals surface area contributed by atoms with Gasteiger partial charge in [0, 0.05) is 12.3 Å². The first-order valence-corrected chi connectivity index (χ1v) is 7.86. The normalized spacial score (nSPS) is 12.6. The van der Waals surface area contributed by atoms with Gasteiger partial charge in [0.05, 0.1) is 10.4 Å². The van der Waals surface area contributed by atoms with Crippen LogP contribution < -0.4 is 0 Å². The first-order valence-electron chi connectivity index (χ1n) is 6.98. The minimum atomic E-state index is -0.353. The first kappa shape index (κ1) is 14.5. The number of hydrogen-bond donors (Lipinski definition) is 0. The molecule has 1 aromatic heterocycles. The van der Waals surface area contributed by atoms with E-state index in [4.69, 9.17) is 4.74 Å². The molecule has 1 heterocycles. The van der Waals surface area contributed by atoms with E-state index in [1.807, 2.05) is 37.3 Å². The Morgan fingerprint density at radius 3 is 2.82 bits per heavy atom. The van der Waals surface area contributed by atoms with Crippen molar-refractivity contribution in [3.05, 3.63) is 70.7 Å². The van der Waals surface area contributed by atoms with Crippen LogP contribution in [-0.4, -0.2) is 11.0 Å². The van der Waals surface area contributed by atoms with Crippen molar-refractivity contribution in [1.82, 2.24) is 4.98 Å². The molecule has 0 aliphatic heterocycles. The molecular formula is C18H15NO2S. The number of hydrogen-bond acceptors (Lipinski definition) is 4. The summed E-state index contributed by atoms with van der Waals surface area (Å²) in [4.78, 5) is 16.8. The highest BCUT2D eigenvalue weighted by molar-refractivity contribution is 7.09. The predicted octanol–water partition coefficient (Wildman–Crippen LogP) is 4.61. The molecule has 3 nitrogen and oxygen atoms in total. The number of thiazole rings is 1. The lowest BCUT2D eigenvalue weighted by Crippen LogP contribution is -2.04. The number of fused-ring (bicyclic) bond motifs is 1. The average molecular weight is 309 g/mol. The summed E-state index contributed by atoms with van der Waals surface area (Å²) in [5, 5.41) is 2.33. The van der Waals surface area contributed by atoms with Gasteiger partial charge in [-0.2, -0.15) is 0 Å². The number of carbonyl (C=O) groups excluding carboxylic acids is 1. The van der Waals surface area contributed by atoms with Crippen LogP contribution in [0.5, 0.6) is 0 Å². The average Bonchev–Trinajstić information content (AvgIpc) is 3.07. The highest BCUT2D eigenvalue weighted by Gasteiger charge is 2.10. The van der Waals surface area contributed by atoms with Crippen molar-refractivity contribution < 1.29 is 9.53 Å². The van der Waals surface area contributed by atoms with Gasteiger partial charge in [0.1, 0.15) is 6.10 Å². The van der Waals surface area contributed by atoms with Crippen molar-refractivity contribution in [1.29, 1.82) is 0 Å². The molecule has 0 aliphatic carbocycles. The Bertz CT molecular complexity index is 809. The third kappa shape index (κ3) is 3.40. The van der Waals surface area contributed by atoms with Crippen LogP contribution in [-0.2, 0) is 9.53 Å². The van der Waals surface area contributed by atoms with Crippen molar-refractivity contribution >= 4 is 34.2 Å². The number of benzene rings is 2. The van der Waals surface area contributed by atoms with Crippen LogP contribution in [0.1, 0.15) is 23.5 Å². The van der Waals surface area contributed by atoms with Gasteiger partial charge in [-0.3, -0.25) is 4.98 Å². The Hall–Kier alpha value is -2.46. The maximum Gasteiger partial charge on any atom is 0.331 e. The zero-order valence-electron chi connectivity index (χ0n) is 12.1. The van der Waals surface area contributed by atoms with E-state index >= 15 is 0 Å². The largest absolute Gasteiger partial charge is 0.454 e. The molecule has 0 radical (unpaired) electrons. The number of ether oxygens (including phenoxy) is 1. The second-order valence-corrected chi connectivity index (χ2v) is 5.84.